The highest BCUT2D eigenvalue weighted by molar-refractivity contribution is 8.05. The number of anilines is 2. The molecule has 11 heteroatoms. The number of hydrogen-bond donors (Lipinski definition) is 1. The highest BCUT2D eigenvalue weighted by Gasteiger charge is 2.41. The van der Waals surface area contributed by atoms with Gasteiger partial charge in [-0.25, -0.2) is 4.79 Å². The van der Waals surface area contributed by atoms with Crippen LogP contribution in [0.5, 0.6) is 0 Å². The van der Waals surface area contributed by atoms with Gasteiger partial charge in [0.2, 0.25) is 5.91 Å². The summed E-state index contributed by atoms with van der Waals surface area (Å²) < 4.78 is 44.6. The third kappa shape index (κ3) is 6.35. The summed E-state index contributed by atoms with van der Waals surface area (Å²) in [6, 6.07) is 20.8. The summed E-state index contributed by atoms with van der Waals surface area (Å²) in [6.45, 7) is 1.89. The molecular formula is C29H22F3N3O4S. The monoisotopic (exact) mass is 565 g/mol. The van der Waals surface area contributed by atoms with E-state index in [1.54, 1.807) is 37.3 Å². The van der Waals surface area contributed by atoms with Gasteiger partial charge in [-0.1, -0.05) is 48.2 Å². The summed E-state index contributed by atoms with van der Waals surface area (Å²) in [4.78, 5) is 39.8. The minimum atomic E-state index is -4.54. The molecule has 1 atom stereocenters. The lowest BCUT2D eigenvalue weighted by Crippen LogP contribution is -2.31. The first-order chi connectivity index (χ1) is 19.1. The van der Waals surface area contributed by atoms with Crippen LogP contribution >= 0.6 is 11.8 Å². The molecule has 0 saturated carbocycles. The van der Waals surface area contributed by atoms with E-state index < -0.39 is 34.8 Å². The van der Waals surface area contributed by atoms with E-state index in [0.29, 0.717) is 16.9 Å². The Hall–Kier alpha value is -4.56. The lowest BCUT2D eigenvalue weighted by atomic mass is 10.1. The fourth-order valence-electron chi connectivity index (χ4n) is 3.99. The van der Waals surface area contributed by atoms with Crippen molar-refractivity contribution < 1.29 is 32.3 Å². The highest BCUT2D eigenvalue weighted by atomic mass is 32.2. The SMILES string of the molecule is CCOC(=O)c1ccc(NC(=O)/C(C#N)=C2\S[C@H](Cc3cccc(C(F)(F)F)c3)C(=O)N2c2ccccc2)cc1. The third-order valence-corrected chi connectivity index (χ3v) is 7.11. The largest absolute Gasteiger partial charge is 0.462 e. The Kier molecular flexibility index (Phi) is 8.60. The fraction of sp³-hybridized carbons (Fsp3) is 0.172. The van der Waals surface area contributed by atoms with E-state index in [4.69, 9.17) is 4.74 Å². The number of rotatable bonds is 7. The third-order valence-electron chi connectivity index (χ3n) is 5.85. The number of ether oxygens (including phenoxy) is 1. The zero-order valence-electron chi connectivity index (χ0n) is 21.1. The van der Waals surface area contributed by atoms with Crippen molar-refractivity contribution in [3.8, 4) is 6.07 Å². The second-order valence-electron chi connectivity index (χ2n) is 8.56. The van der Waals surface area contributed by atoms with Crippen LogP contribution in [0.15, 0.2) is 89.5 Å². The molecule has 4 rings (SSSR count). The van der Waals surface area contributed by atoms with Gasteiger partial charge in [-0.2, -0.15) is 18.4 Å². The van der Waals surface area contributed by atoms with Gasteiger partial charge in [0, 0.05) is 11.4 Å². The Morgan fingerprint density at radius 1 is 1.05 bits per heavy atom. The lowest BCUT2D eigenvalue weighted by Gasteiger charge is -2.18. The van der Waals surface area contributed by atoms with Crippen LogP contribution in [0.25, 0.3) is 0 Å². The minimum Gasteiger partial charge on any atom is -0.462 e. The average molecular weight is 566 g/mol. The first-order valence-electron chi connectivity index (χ1n) is 12.1. The van der Waals surface area contributed by atoms with Crippen molar-refractivity contribution in [1.29, 1.82) is 5.26 Å². The van der Waals surface area contributed by atoms with Gasteiger partial charge in [-0.05, 0) is 61.4 Å². The maximum Gasteiger partial charge on any atom is 0.416 e. The molecule has 1 N–H and O–H groups in total. The number of para-hydroxylation sites is 1. The van der Waals surface area contributed by atoms with Crippen molar-refractivity contribution in [3.05, 3.63) is 106 Å². The van der Waals surface area contributed by atoms with Crippen LogP contribution < -0.4 is 10.2 Å². The summed E-state index contributed by atoms with van der Waals surface area (Å²) in [6.07, 6.45) is -4.58. The summed E-state index contributed by atoms with van der Waals surface area (Å²) in [7, 11) is 0. The molecule has 1 saturated heterocycles. The van der Waals surface area contributed by atoms with Crippen LogP contribution in [0.4, 0.5) is 24.5 Å². The molecular weight excluding hydrogens is 543 g/mol. The quantitative estimate of drug-likeness (QED) is 0.216. The normalized spacial score (nSPS) is 16.3. The molecule has 3 aromatic rings. The molecule has 40 heavy (non-hydrogen) atoms. The maximum absolute atomic E-state index is 13.5. The van der Waals surface area contributed by atoms with Crippen molar-refractivity contribution >= 4 is 40.9 Å². The van der Waals surface area contributed by atoms with Crippen molar-refractivity contribution in [1.82, 2.24) is 0 Å². The highest BCUT2D eigenvalue weighted by Crippen LogP contribution is 2.42. The van der Waals surface area contributed by atoms with Gasteiger partial charge in [0.15, 0.2) is 0 Å². The lowest BCUT2D eigenvalue weighted by molar-refractivity contribution is -0.137. The predicted molar refractivity (Wildman–Crippen MR) is 144 cm³/mol. The molecule has 0 aromatic heterocycles. The Morgan fingerprint density at radius 2 is 1.75 bits per heavy atom. The minimum absolute atomic E-state index is 0.0457. The predicted octanol–water partition coefficient (Wildman–Crippen LogP) is 5.95. The number of hydrogen-bond acceptors (Lipinski definition) is 6. The smallest absolute Gasteiger partial charge is 0.416 e. The van der Waals surface area contributed by atoms with Gasteiger partial charge in [0.25, 0.3) is 5.91 Å². The number of nitriles is 1. The zero-order valence-corrected chi connectivity index (χ0v) is 21.9. The van der Waals surface area contributed by atoms with Gasteiger partial charge in [0.05, 0.1) is 23.0 Å². The molecule has 0 aliphatic carbocycles. The standard InChI is InChI=1S/C29H22F3N3O4S/c1-2-39-28(38)19-11-13-21(14-12-19)34-25(36)23(17-33)27-35(22-9-4-3-5-10-22)26(37)24(40-27)16-18-7-6-8-20(15-18)29(30,31)32/h3-15,24H,2,16H2,1H3,(H,34,36)/b27-23-/t24-/m1/s1. The Labute approximate surface area is 232 Å². The van der Waals surface area contributed by atoms with Gasteiger partial charge >= 0.3 is 12.1 Å². The number of benzene rings is 3. The first-order valence-corrected chi connectivity index (χ1v) is 12.9. The van der Waals surface area contributed by atoms with Crippen LogP contribution in [0.2, 0.25) is 0 Å². The number of carbonyl (C=O) groups excluding carboxylic acids is 3. The van der Waals surface area contributed by atoms with E-state index in [-0.39, 0.29) is 29.2 Å². The first kappa shape index (κ1) is 28.4. The van der Waals surface area contributed by atoms with E-state index >= 15 is 0 Å². The molecule has 204 valence electrons. The molecule has 1 aliphatic heterocycles. The van der Waals surface area contributed by atoms with Crippen LogP contribution in [0.1, 0.15) is 28.4 Å². The second kappa shape index (κ2) is 12.1. The van der Waals surface area contributed by atoms with Crippen LogP contribution in [-0.2, 0) is 26.9 Å². The van der Waals surface area contributed by atoms with Crippen LogP contribution in [0, 0.1) is 11.3 Å². The molecule has 1 heterocycles. The topological polar surface area (TPSA) is 99.5 Å². The summed E-state index contributed by atoms with van der Waals surface area (Å²) in [5, 5.41) is 11.7. The van der Waals surface area contributed by atoms with Crippen molar-refractivity contribution in [2.75, 3.05) is 16.8 Å². The number of esters is 1. The molecule has 0 unspecified atom stereocenters. The van der Waals surface area contributed by atoms with E-state index in [0.717, 1.165) is 23.9 Å². The van der Waals surface area contributed by atoms with E-state index in [9.17, 15) is 32.8 Å². The Bertz CT molecular complexity index is 1500. The average Bonchev–Trinajstić information content (AvgIpc) is 3.24. The van der Waals surface area contributed by atoms with Crippen molar-refractivity contribution in [2.45, 2.75) is 24.8 Å². The van der Waals surface area contributed by atoms with Gasteiger partial charge in [-0.3, -0.25) is 14.5 Å². The van der Waals surface area contributed by atoms with E-state index in [1.165, 1.54) is 41.3 Å². The summed E-state index contributed by atoms with van der Waals surface area (Å²) >= 11 is 0.944. The molecule has 0 bridgehead atoms. The van der Waals surface area contributed by atoms with Crippen molar-refractivity contribution in [2.24, 2.45) is 0 Å². The van der Waals surface area contributed by atoms with E-state index in [2.05, 4.69) is 5.32 Å². The number of thioether (sulfide) groups is 1. The van der Waals surface area contributed by atoms with Crippen LogP contribution in [0.3, 0.4) is 0 Å². The number of nitrogens with zero attached hydrogens (tertiary/aromatic N) is 2. The van der Waals surface area contributed by atoms with Gasteiger partial charge < -0.3 is 10.1 Å². The van der Waals surface area contributed by atoms with Gasteiger partial charge in [0.1, 0.15) is 16.7 Å². The molecule has 7 nitrogen and oxygen atoms in total. The summed E-state index contributed by atoms with van der Waals surface area (Å²) in [5.74, 6) is -1.78. The summed E-state index contributed by atoms with van der Waals surface area (Å²) in [5.41, 5.74) is 0.0988. The number of halogens is 3. The maximum atomic E-state index is 13.5. The molecule has 0 radical (unpaired) electrons. The van der Waals surface area contributed by atoms with Crippen LogP contribution in [-0.4, -0.2) is 29.6 Å². The van der Waals surface area contributed by atoms with Crippen molar-refractivity contribution in [3.63, 3.8) is 0 Å². The number of carbonyl (C=O) groups is 3. The Morgan fingerprint density at radius 3 is 2.38 bits per heavy atom. The zero-order chi connectivity index (χ0) is 28.9. The number of nitrogens with one attached hydrogen (secondary N) is 1. The second-order valence-corrected chi connectivity index (χ2v) is 9.75. The Balaban J connectivity index is 1.65. The molecule has 0 spiro atoms. The van der Waals surface area contributed by atoms with E-state index in [1.807, 2.05) is 6.07 Å². The number of alkyl halides is 3. The fourth-order valence-corrected chi connectivity index (χ4v) is 5.29. The molecule has 1 aliphatic rings. The molecule has 2 amide bonds. The number of amides is 2. The van der Waals surface area contributed by atoms with Gasteiger partial charge in [-0.15, -0.1) is 0 Å². The molecule has 1 fully saturated rings. The molecule has 3 aromatic carbocycles.